The maximum atomic E-state index is 12.2. The predicted octanol–water partition coefficient (Wildman–Crippen LogP) is 3.94. The molecule has 1 atom stereocenters. The number of hydrogen-bond acceptors (Lipinski definition) is 4. The molecule has 0 amide bonds. The molecule has 126 valence electrons. The van der Waals surface area contributed by atoms with E-state index in [1.54, 1.807) is 12.1 Å². The lowest BCUT2D eigenvalue weighted by atomic mass is 10.1. The molecule has 0 aliphatic heterocycles. The van der Waals surface area contributed by atoms with Crippen LogP contribution in [0.2, 0.25) is 5.02 Å². The molecule has 0 radical (unpaired) electrons. The zero-order valence-electron chi connectivity index (χ0n) is 13.5. The summed E-state index contributed by atoms with van der Waals surface area (Å²) in [5.41, 5.74) is 1.62. The number of hydrogen-bond donors (Lipinski definition) is 0. The van der Waals surface area contributed by atoms with Crippen LogP contribution in [0.5, 0.6) is 5.75 Å². The number of benzene rings is 2. The highest BCUT2D eigenvalue weighted by molar-refractivity contribution is 7.08. The highest BCUT2D eigenvalue weighted by Gasteiger charge is 2.11. The summed E-state index contributed by atoms with van der Waals surface area (Å²) in [7, 11) is 0. The Morgan fingerprint density at radius 2 is 2.00 bits per heavy atom. The molecule has 1 aromatic heterocycles. The van der Waals surface area contributed by atoms with Crippen LogP contribution in [-0.2, 0) is 6.42 Å². The van der Waals surface area contributed by atoms with Gasteiger partial charge in [0, 0.05) is 6.42 Å². The molecule has 1 unspecified atom stereocenters. The van der Waals surface area contributed by atoms with Gasteiger partial charge in [0.15, 0.2) is 6.10 Å². The minimum atomic E-state index is -0.276. The van der Waals surface area contributed by atoms with Crippen molar-refractivity contribution in [2.24, 2.45) is 0 Å². The molecule has 3 rings (SSSR count). The van der Waals surface area contributed by atoms with E-state index in [9.17, 15) is 4.79 Å². The summed E-state index contributed by atoms with van der Waals surface area (Å²) in [6, 6.07) is 14.7. The Labute approximate surface area is 154 Å². The molecule has 0 saturated carbocycles. The molecule has 3 aromatic rings. The van der Waals surface area contributed by atoms with Gasteiger partial charge in [0.05, 0.1) is 10.7 Å². The lowest BCUT2D eigenvalue weighted by molar-refractivity contribution is 0.279. The van der Waals surface area contributed by atoms with E-state index in [4.69, 9.17) is 22.8 Å². The summed E-state index contributed by atoms with van der Waals surface area (Å²) in [5.74, 6) is 3.23. The molecule has 0 bridgehead atoms. The molecule has 1 heterocycles. The van der Waals surface area contributed by atoms with Crippen molar-refractivity contribution < 1.29 is 4.74 Å². The molecular formula is C19H15ClN2O2S. The number of rotatable bonds is 5. The Hall–Kier alpha value is -2.55. The number of ether oxygens (including phenoxy) is 1. The van der Waals surface area contributed by atoms with Crippen molar-refractivity contribution >= 4 is 22.9 Å². The number of aromatic nitrogens is 2. The monoisotopic (exact) mass is 370 g/mol. The highest BCUT2D eigenvalue weighted by atomic mass is 35.5. The average molecular weight is 371 g/mol. The van der Waals surface area contributed by atoms with Gasteiger partial charge >= 0.3 is 4.87 Å². The second kappa shape index (κ2) is 7.56. The zero-order valence-corrected chi connectivity index (χ0v) is 15.1. The fourth-order valence-electron chi connectivity index (χ4n) is 2.26. The quantitative estimate of drug-likeness (QED) is 0.639. The fourth-order valence-corrected chi connectivity index (χ4v) is 3.27. The predicted molar refractivity (Wildman–Crippen MR) is 101 cm³/mol. The van der Waals surface area contributed by atoms with Crippen LogP contribution in [-0.4, -0.2) is 15.9 Å². The van der Waals surface area contributed by atoms with E-state index in [1.807, 2.05) is 43.3 Å². The molecule has 0 fully saturated rings. The average Bonchev–Trinajstić information content (AvgIpc) is 2.97. The van der Waals surface area contributed by atoms with E-state index in [1.165, 1.54) is 4.68 Å². The summed E-state index contributed by atoms with van der Waals surface area (Å²) < 4.78 is 6.89. The van der Waals surface area contributed by atoms with E-state index in [0.717, 1.165) is 21.9 Å². The van der Waals surface area contributed by atoms with Crippen molar-refractivity contribution in [3.8, 4) is 23.8 Å². The Balaban J connectivity index is 1.78. The fraction of sp³-hybridized carbons (Fsp3) is 0.158. The Morgan fingerprint density at radius 1 is 1.28 bits per heavy atom. The summed E-state index contributed by atoms with van der Waals surface area (Å²) in [5, 5.41) is 5.61. The van der Waals surface area contributed by atoms with Gasteiger partial charge in [-0.15, -0.1) is 6.42 Å². The van der Waals surface area contributed by atoms with Crippen molar-refractivity contribution in [2.75, 3.05) is 0 Å². The lowest BCUT2D eigenvalue weighted by Gasteiger charge is -2.09. The van der Waals surface area contributed by atoms with Crippen LogP contribution in [0.25, 0.3) is 5.69 Å². The smallest absolute Gasteiger partial charge is 0.329 e. The third-order valence-corrected chi connectivity index (χ3v) is 4.63. The SMILES string of the molecule is C#CC(C)Oc1ccc(Cc2nn(-c3ccccc3Cl)c(=O)s2)cc1. The van der Waals surface area contributed by atoms with Crippen LogP contribution in [0, 0.1) is 12.3 Å². The van der Waals surface area contributed by atoms with Crippen LogP contribution in [0.4, 0.5) is 0 Å². The Morgan fingerprint density at radius 3 is 2.68 bits per heavy atom. The summed E-state index contributed by atoms with van der Waals surface area (Å²) in [6.07, 6.45) is 5.59. The molecule has 0 aliphatic carbocycles. The number of para-hydroxylation sites is 1. The maximum Gasteiger partial charge on any atom is 0.329 e. The van der Waals surface area contributed by atoms with Gasteiger partial charge in [0.25, 0.3) is 0 Å². The van der Waals surface area contributed by atoms with E-state index in [0.29, 0.717) is 22.9 Å². The minimum absolute atomic E-state index is 0.161. The van der Waals surface area contributed by atoms with Gasteiger partial charge in [-0.05, 0) is 36.8 Å². The van der Waals surface area contributed by atoms with Crippen LogP contribution >= 0.6 is 22.9 Å². The number of terminal acetylenes is 1. The van der Waals surface area contributed by atoms with Crippen LogP contribution in [0.1, 0.15) is 17.5 Å². The third kappa shape index (κ3) is 4.11. The van der Waals surface area contributed by atoms with E-state index in [2.05, 4.69) is 11.0 Å². The summed E-state index contributed by atoms with van der Waals surface area (Å²) >= 11 is 7.26. The van der Waals surface area contributed by atoms with Gasteiger partial charge in [0.2, 0.25) is 0 Å². The number of nitrogens with zero attached hydrogens (tertiary/aromatic N) is 2. The van der Waals surface area contributed by atoms with Crippen molar-refractivity contribution in [2.45, 2.75) is 19.4 Å². The molecule has 4 nitrogen and oxygen atoms in total. The lowest BCUT2D eigenvalue weighted by Crippen LogP contribution is -2.12. The normalized spacial score (nSPS) is 11.7. The molecule has 25 heavy (non-hydrogen) atoms. The first-order valence-electron chi connectivity index (χ1n) is 7.62. The van der Waals surface area contributed by atoms with Crippen LogP contribution in [0.3, 0.4) is 0 Å². The van der Waals surface area contributed by atoms with E-state index in [-0.39, 0.29) is 11.0 Å². The Bertz CT molecular complexity index is 970. The van der Waals surface area contributed by atoms with Crippen LogP contribution in [0.15, 0.2) is 53.3 Å². The van der Waals surface area contributed by atoms with Crippen molar-refractivity contribution in [1.29, 1.82) is 0 Å². The largest absolute Gasteiger partial charge is 0.478 e. The van der Waals surface area contributed by atoms with Crippen LogP contribution < -0.4 is 9.61 Å². The minimum Gasteiger partial charge on any atom is -0.478 e. The van der Waals surface area contributed by atoms with Gasteiger partial charge < -0.3 is 4.74 Å². The first-order valence-corrected chi connectivity index (χ1v) is 8.82. The first-order chi connectivity index (χ1) is 12.1. The molecule has 0 aliphatic rings. The second-order valence-electron chi connectivity index (χ2n) is 5.37. The van der Waals surface area contributed by atoms with Gasteiger partial charge in [-0.3, -0.25) is 4.79 Å². The molecule has 0 saturated heterocycles. The van der Waals surface area contributed by atoms with E-state index < -0.39 is 0 Å². The Kier molecular flexibility index (Phi) is 5.22. The number of halogens is 1. The zero-order chi connectivity index (χ0) is 17.8. The van der Waals surface area contributed by atoms with Crippen molar-refractivity contribution in [3.63, 3.8) is 0 Å². The topological polar surface area (TPSA) is 44.1 Å². The van der Waals surface area contributed by atoms with Gasteiger partial charge in [-0.1, -0.05) is 53.1 Å². The van der Waals surface area contributed by atoms with Crippen molar-refractivity contribution in [3.05, 3.63) is 73.8 Å². The molecule has 0 N–H and O–H groups in total. The molecule has 2 aromatic carbocycles. The maximum absolute atomic E-state index is 12.2. The molecule has 0 spiro atoms. The van der Waals surface area contributed by atoms with Gasteiger partial charge in [-0.25, -0.2) is 0 Å². The first kappa shape index (κ1) is 17.3. The summed E-state index contributed by atoms with van der Waals surface area (Å²) in [6.45, 7) is 1.81. The van der Waals surface area contributed by atoms with Gasteiger partial charge in [-0.2, -0.15) is 9.78 Å². The highest BCUT2D eigenvalue weighted by Crippen LogP contribution is 2.20. The summed E-state index contributed by atoms with van der Waals surface area (Å²) in [4.78, 5) is 12.1. The van der Waals surface area contributed by atoms with E-state index >= 15 is 0 Å². The van der Waals surface area contributed by atoms with Crippen molar-refractivity contribution in [1.82, 2.24) is 9.78 Å². The molecule has 6 heteroatoms. The third-order valence-electron chi connectivity index (χ3n) is 3.50. The second-order valence-corrected chi connectivity index (χ2v) is 6.80. The standard InChI is InChI=1S/C19H15ClN2O2S/c1-3-13(2)24-15-10-8-14(9-11-15)12-18-21-22(19(23)25-18)17-7-5-4-6-16(17)20/h1,4-11,13H,12H2,2H3. The van der Waals surface area contributed by atoms with Gasteiger partial charge in [0.1, 0.15) is 10.8 Å². The molecular weight excluding hydrogens is 356 g/mol.